The monoisotopic (exact) mass is 964 g/mol. The van der Waals surface area contributed by atoms with Crippen molar-refractivity contribution in [1.29, 1.82) is 0 Å². The highest BCUT2D eigenvalue weighted by atomic mass is 79.9. The molecule has 2 fully saturated rings. The van der Waals surface area contributed by atoms with Crippen molar-refractivity contribution in [3.05, 3.63) is 70.9 Å². The molecule has 0 saturated heterocycles. The molecule has 0 aromatic heterocycles. The molecule has 0 radical (unpaired) electrons. The first-order chi connectivity index (χ1) is 25.4. The predicted octanol–water partition coefficient (Wildman–Crippen LogP) is 17.3. The van der Waals surface area contributed by atoms with Crippen LogP contribution in [-0.4, -0.2) is 19.3 Å². The Kier molecular flexibility index (Phi) is 20.8. The Bertz CT molecular complexity index is 1130. The van der Waals surface area contributed by atoms with Gasteiger partial charge < -0.3 is 0 Å². The van der Waals surface area contributed by atoms with Crippen molar-refractivity contribution in [3.63, 3.8) is 0 Å². The van der Waals surface area contributed by atoms with E-state index in [2.05, 4.69) is 112 Å². The second-order valence-corrected chi connectivity index (χ2v) is 22.2. The van der Waals surface area contributed by atoms with Crippen LogP contribution < -0.4 is 0 Å². The zero-order chi connectivity index (χ0) is 36.4. The standard InChI is InChI=1S/C12H20Br2.C12H16Br2.2C12H18/c2*13-11-5-1-3-9-7-12(14)6-2-4-10(9)8-11;2*1-3-7-11-9-5-2-6-10-12(11)8-4-1/h9-12H,1-8H2;7-8,11-12H,1-6H2;7,10H,1-6,8-9H2;1-3,6,11-12H,4-5,7-10H2. The average Bonchev–Trinajstić information content (AvgIpc) is 3.80. The van der Waals surface area contributed by atoms with Gasteiger partial charge in [-0.2, -0.15) is 0 Å². The Morgan fingerprint density at radius 3 is 1.27 bits per heavy atom. The van der Waals surface area contributed by atoms with Crippen LogP contribution in [0.15, 0.2) is 70.9 Å². The van der Waals surface area contributed by atoms with Crippen LogP contribution >= 0.6 is 63.7 Å². The van der Waals surface area contributed by atoms with Crippen LogP contribution in [0.2, 0.25) is 0 Å². The Hall–Kier alpha value is 0.360. The van der Waals surface area contributed by atoms with Crippen LogP contribution in [0.3, 0.4) is 0 Å². The highest BCUT2D eigenvalue weighted by Gasteiger charge is 2.30. The molecule has 4 heteroatoms. The summed E-state index contributed by atoms with van der Waals surface area (Å²) in [6.07, 6.45) is 57.8. The largest absolute Gasteiger partial charge is 0.0891 e. The van der Waals surface area contributed by atoms with Gasteiger partial charge in [-0.15, -0.1) is 0 Å². The molecule has 0 aromatic carbocycles. The van der Waals surface area contributed by atoms with E-state index in [0.29, 0.717) is 9.65 Å². The van der Waals surface area contributed by atoms with Gasteiger partial charge in [-0.1, -0.05) is 138 Å². The summed E-state index contributed by atoms with van der Waals surface area (Å²) in [4.78, 5) is 2.83. The van der Waals surface area contributed by atoms with Gasteiger partial charge in [0, 0.05) is 19.3 Å². The molecule has 0 N–H and O–H groups in total. The molecule has 8 atom stereocenters. The van der Waals surface area contributed by atoms with Crippen molar-refractivity contribution in [3.8, 4) is 0 Å². The maximum absolute atomic E-state index is 3.83. The van der Waals surface area contributed by atoms with E-state index < -0.39 is 0 Å². The van der Waals surface area contributed by atoms with E-state index in [0.717, 1.165) is 33.3 Å². The van der Waals surface area contributed by atoms with Gasteiger partial charge in [0.15, 0.2) is 0 Å². The van der Waals surface area contributed by atoms with E-state index >= 15 is 0 Å². The summed E-state index contributed by atoms with van der Waals surface area (Å²) in [6.45, 7) is 0. The molecule has 0 aromatic rings. The summed E-state index contributed by atoms with van der Waals surface area (Å²) in [5.74, 6) is 4.01. The smallest absolute Gasteiger partial charge is 0.0331 e. The lowest BCUT2D eigenvalue weighted by molar-refractivity contribution is 0.299. The second kappa shape index (κ2) is 24.9. The molecule has 8 aliphatic rings. The molecule has 0 aliphatic heterocycles. The number of halogens is 4. The molecule has 0 spiro atoms. The van der Waals surface area contributed by atoms with Crippen molar-refractivity contribution in [2.45, 2.75) is 199 Å². The van der Waals surface area contributed by atoms with Crippen molar-refractivity contribution >= 4 is 63.7 Å². The zero-order valence-corrected chi connectivity index (χ0v) is 38.9. The van der Waals surface area contributed by atoms with Crippen molar-refractivity contribution < 1.29 is 0 Å². The average molecular weight is 969 g/mol. The van der Waals surface area contributed by atoms with Crippen LogP contribution in [0, 0.1) is 23.7 Å². The minimum absolute atomic E-state index is 0.607. The van der Waals surface area contributed by atoms with Gasteiger partial charge in [-0.05, 0) is 200 Å². The fourth-order valence-corrected chi connectivity index (χ4v) is 13.1. The van der Waals surface area contributed by atoms with Gasteiger partial charge in [-0.3, -0.25) is 0 Å². The summed E-state index contributed by atoms with van der Waals surface area (Å²) in [5.41, 5.74) is 6.58. The van der Waals surface area contributed by atoms with E-state index in [-0.39, 0.29) is 0 Å². The lowest BCUT2D eigenvalue weighted by Crippen LogP contribution is -2.15. The predicted molar refractivity (Wildman–Crippen MR) is 245 cm³/mol. The number of fused-ring (bicyclic) bond motifs is 4. The van der Waals surface area contributed by atoms with Gasteiger partial charge in [0.1, 0.15) is 0 Å². The number of hydrogen-bond donors (Lipinski definition) is 0. The van der Waals surface area contributed by atoms with Gasteiger partial charge in [0.05, 0.1) is 0 Å². The summed E-state index contributed by atoms with van der Waals surface area (Å²) in [5, 5.41) is 0. The second-order valence-electron chi connectivity index (χ2n) is 17.3. The number of alkyl halides is 4. The van der Waals surface area contributed by atoms with Crippen LogP contribution in [0.5, 0.6) is 0 Å². The summed E-state index contributed by atoms with van der Waals surface area (Å²) in [6, 6.07) is 0. The van der Waals surface area contributed by atoms with Gasteiger partial charge >= 0.3 is 0 Å². The maximum Gasteiger partial charge on any atom is 0.0331 e. The topological polar surface area (TPSA) is 0 Å². The molecule has 292 valence electrons. The van der Waals surface area contributed by atoms with E-state index in [9.17, 15) is 0 Å². The third-order valence-corrected chi connectivity index (χ3v) is 16.4. The van der Waals surface area contributed by atoms with E-state index in [4.69, 9.17) is 0 Å². The third kappa shape index (κ3) is 15.7. The number of allylic oxidation sites excluding steroid dienone is 12. The van der Waals surface area contributed by atoms with Crippen molar-refractivity contribution in [2.24, 2.45) is 23.7 Å². The highest BCUT2D eigenvalue weighted by Crippen LogP contribution is 2.42. The lowest BCUT2D eigenvalue weighted by Gasteiger charge is -2.23. The lowest BCUT2D eigenvalue weighted by atomic mass is 9.84. The van der Waals surface area contributed by atoms with E-state index in [1.807, 2.05) is 0 Å². The summed E-state index contributed by atoms with van der Waals surface area (Å²) in [7, 11) is 0. The summed E-state index contributed by atoms with van der Waals surface area (Å²) < 4.78 is 0. The van der Waals surface area contributed by atoms with Crippen LogP contribution in [-0.2, 0) is 0 Å². The van der Waals surface area contributed by atoms with Gasteiger partial charge in [0.25, 0.3) is 0 Å². The minimum Gasteiger partial charge on any atom is -0.0891 e. The molecule has 2 saturated carbocycles. The molecule has 8 aliphatic carbocycles. The van der Waals surface area contributed by atoms with Gasteiger partial charge in [0.2, 0.25) is 0 Å². The molecule has 52 heavy (non-hydrogen) atoms. The fraction of sp³-hybridized carbons (Fsp3) is 0.750. The number of rotatable bonds is 0. The molecule has 0 heterocycles. The number of hydrogen-bond acceptors (Lipinski definition) is 0. The summed E-state index contributed by atoms with van der Waals surface area (Å²) >= 11 is 15.1. The molecule has 8 unspecified atom stereocenters. The molecule has 0 bridgehead atoms. The highest BCUT2D eigenvalue weighted by molar-refractivity contribution is 9.10. The first kappa shape index (κ1) is 43.5. The van der Waals surface area contributed by atoms with Crippen LogP contribution in [0.25, 0.3) is 0 Å². The van der Waals surface area contributed by atoms with E-state index in [1.165, 1.54) is 180 Å². The van der Waals surface area contributed by atoms with Crippen LogP contribution in [0.4, 0.5) is 0 Å². The first-order valence-corrected chi connectivity index (χ1v) is 25.8. The zero-order valence-electron chi connectivity index (χ0n) is 32.5. The van der Waals surface area contributed by atoms with Crippen molar-refractivity contribution in [1.82, 2.24) is 0 Å². The molecule has 8 rings (SSSR count). The Morgan fingerprint density at radius 2 is 0.808 bits per heavy atom. The fourth-order valence-electron chi connectivity index (χ4n) is 10.2. The quantitative estimate of drug-likeness (QED) is 0.168. The van der Waals surface area contributed by atoms with Gasteiger partial charge in [-0.25, -0.2) is 0 Å². The Balaban J connectivity index is 0.000000134. The third-order valence-electron chi connectivity index (χ3n) is 13.3. The normalized spacial score (nSPS) is 35.0. The van der Waals surface area contributed by atoms with Crippen molar-refractivity contribution in [2.75, 3.05) is 0 Å². The molecule has 0 nitrogen and oxygen atoms in total. The molecular weight excluding hydrogens is 896 g/mol. The Labute approximate surface area is 354 Å². The van der Waals surface area contributed by atoms with E-state index in [1.54, 1.807) is 22.3 Å². The minimum atomic E-state index is 0.607. The first-order valence-electron chi connectivity index (χ1n) is 22.1. The SMILES string of the molecule is BrC1C=C2CCCC(Br)C=C2CCC1.BrC1CCCC2CC(Br)CCCC2C1.C1=C2CCCCC=C2CCCC1.C1=CCC2CCC=CCC2CC1. The van der Waals surface area contributed by atoms with Crippen LogP contribution in [0.1, 0.15) is 180 Å². The Morgan fingerprint density at radius 1 is 0.365 bits per heavy atom. The molecule has 0 amide bonds. The maximum atomic E-state index is 3.83. The molecular formula is C48H72Br4.